The zero-order chi connectivity index (χ0) is 30.9. The molecule has 0 saturated carbocycles. The van der Waals surface area contributed by atoms with Crippen LogP contribution < -0.4 is 27.0 Å². The molecule has 0 spiro atoms. The number of rotatable bonds is 19. The largest absolute Gasteiger partial charge is 0.478 e. The van der Waals surface area contributed by atoms with Gasteiger partial charge >= 0.3 is 11.9 Å². The minimum absolute atomic E-state index is 0.0337. The van der Waals surface area contributed by atoms with E-state index in [1.807, 2.05) is 16.7 Å². The molecule has 1 aliphatic rings. The Morgan fingerprint density at radius 2 is 1.29 bits per heavy atom. The van der Waals surface area contributed by atoms with Crippen LogP contribution in [0.25, 0.3) is 0 Å². The molecule has 0 radical (unpaired) electrons. The van der Waals surface area contributed by atoms with Gasteiger partial charge in [-0.1, -0.05) is 6.92 Å². The lowest BCUT2D eigenvalue weighted by Gasteiger charge is -2.39. The SMILES string of the molecule is CCCC(=O)NC(NC(=O)CCN1CCN(CCC(=O)NC(NC(=O)CCN(C)CCN)C(=O)O)C(C)C1)C(=O)O. The van der Waals surface area contributed by atoms with Crippen LogP contribution in [0.15, 0.2) is 0 Å². The summed E-state index contributed by atoms with van der Waals surface area (Å²) in [6.07, 6.45) is -2.16. The van der Waals surface area contributed by atoms with Crippen molar-refractivity contribution in [3.63, 3.8) is 0 Å². The van der Waals surface area contributed by atoms with Crippen molar-refractivity contribution in [2.45, 2.75) is 64.3 Å². The smallest absolute Gasteiger partial charge is 0.347 e. The topological polar surface area (TPSA) is 227 Å². The Labute approximate surface area is 240 Å². The summed E-state index contributed by atoms with van der Waals surface area (Å²) in [5.41, 5.74) is 5.46. The number of aliphatic carboxylic acids is 2. The number of amides is 4. The molecule has 16 nitrogen and oxygen atoms in total. The Morgan fingerprint density at radius 1 is 0.805 bits per heavy atom. The first-order valence-corrected chi connectivity index (χ1v) is 13.8. The molecule has 16 heteroatoms. The highest BCUT2D eigenvalue weighted by Crippen LogP contribution is 2.10. The summed E-state index contributed by atoms with van der Waals surface area (Å²) in [6.45, 7) is 7.79. The van der Waals surface area contributed by atoms with Crippen molar-refractivity contribution >= 4 is 35.6 Å². The maximum Gasteiger partial charge on any atom is 0.347 e. The van der Waals surface area contributed by atoms with Crippen LogP contribution in [0.4, 0.5) is 0 Å². The van der Waals surface area contributed by atoms with Gasteiger partial charge in [-0.2, -0.15) is 0 Å². The average Bonchev–Trinajstić information content (AvgIpc) is 2.89. The third-order valence-corrected chi connectivity index (χ3v) is 6.55. The molecule has 3 unspecified atom stereocenters. The number of hydrogen-bond acceptors (Lipinski definition) is 10. The molecule has 0 bridgehead atoms. The van der Waals surface area contributed by atoms with Gasteiger partial charge in [0, 0.05) is 84.1 Å². The lowest BCUT2D eigenvalue weighted by molar-refractivity contribution is -0.145. The van der Waals surface area contributed by atoms with E-state index in [0.717, 1.165) is 0 Å². The third-order valence-electron chi connectivity index (χ3n) is 6.55. The first-order valence-electron chi connectivity index (χ1n) is 13.8. The molecular weight excluding hydrogens is 540 g/mol. The standard InChI is InChI=1S/C25H46N8O8/c1-4-5-18(34)27-22(24(38)39)29-20(36)7-11-32-14-15-33(17(2)16-32)12-8-21(37)30-23(25(40)41)28-19(35)6-10-31(3)13-9-26/h17,22-23H,4-16,26H2,1-3H3,(H,27,34)(H,28,35)(H,29,36)(H,30,37)(H,38,39)(H,40,41). The van der Waals surface area contributed by atoms with E-state index >= 15 is 0 Å². The number of nitrogens with one attached hydrogen (secondary N) is 4. The molecule has 0 aromatic carbocycles. The fourth-order valence-electron chi connectivity index (χ4n) is 4.21. The van der Waals surface area contributed by atoms with Crippen LogP contribution in [0.3, 0.4) is 0 Å². The number of nitrogens with zero attached hydrogens (tertiary/aromatic N) is 3. The van der Waals surface area contributed by atoms with E-state index in [1.54, 1.807) is 14.0 Å². The zero-order valence-electron chi connectivity index (χ0n) is 24.2. The number of likely N-dealkylation sites (N-methyl/N-ethyl adjacent to an activating group) is 1. The maximum absolute atomic E-state index is 12.4. The number of carbonyl (C=O) groups excluding carboxylic acids is 4. The van der Waals surface area contributed by atoms with E-state index in [2.05, 4.69) is 26.2 Å². The van der Waals surface area contributed by atoms with Gasteiger partial charge < -0.3 is 47.0 Å². The summed E-state index contributed by atoms with van der Waals surface area (Å²) in [6, 6.07) is 0.0418. The van der Waals surface area contributed by atoms with Crippen LogP contribution in [-0.2, 0) is 28.8 Å². The zero-order valence-corrected chi connectivity index (χ0v) is 24.2. The summed E-state index contributed by atoms with van der Waals surface area (Å²) in [4.78, 5) is 77.3. The molecular formula is C25H46N8O8. The molecule has 0 aliphatic carbocycles. The lowest BCUT2D eigenvalue weighted by Crippen LogP contribution is -2.55. The van der Waals surface area contributed by atoms with Gasteiger partial charge in [0.25, 0.3) is 0 Å². The molecule has 1 aliphatic heterocycles. The van der Waals surface area contributed by atoms with E-state index in [0.29, 0.717) is 58.8 Å². The first-order chi connectivity index (χ1) is 19.4. The van der Waals surface area contributed by atoms with Crippen LogP contribution in [0.1, 0.15) is 46.0 Å². The number of hydrogen-bond donors (Lipinski definition) is 7. The molecule has 8 N–H and O–H groups in total. The Kier molecular flexibility index (Phi) is 16.5. The molecule has 1 heterocycles. The van der Waals surface area contributed by atoms with Crippen molar-refractivity contribution in [3.8, 4) is 0 Å². The second kappa shape index (κ2) is 18.9. The Morgan fingerprint density at radius 3 is 1.76 bits per heavy atom. The van der Waals surface area contributed by atoms with E-state index in [-0.39, 0.29) is 31.7 Å². The quantitative estimate of drug-likeness (QED) is 0.0759. The monoisotopic (exact) mass is 586 g/mol. The number of carboxylic acid groups (broad SMARTS) is 2. The normalized spacial score (nSPS) is 17.3. The predicted octanol–water partition coefficient (Wildman–Crippen LogP) is -2.86. The molecule has 41 heavy (non-hydrogen) atoms. The highest BCUT2D eigenvalue weighted by molar-refractivity contribution is 5.88. The Hall–Kier alpha value is -3.34. The molecule has 4 amide bonds. The minimum atomic E-state index is -1.53. The fourth-order valence-corrected chi connectivity index (χ4v) is 4.21. The van der Waals surface area contributed by atoms with Crippen molar-refractivity contribution in [2.75, 3.05) is 59.4 Å². The minimum Gasteiger partial charge on any atom is -0.478 e. The molecule has 234 valence electrons. The highest BCUT2D eigenvalue weighted by atomic mass is 16.4. The number of carboxylic acids is 2. The van der Waals surface area contributed by atoms with Gasteiger partial charge in [0.05, 0.1) is 0 Å². The number of carbonyl (C=O) groups is 6. The van der Waals surface area contributed by atoms with Crippen LogP contribution >= 0.6 is 0 Å². The van der Waals surface area contributed by atoms with Crippen LogP contribution in [0, 0.1) is 0 Å². The summed E-state index contributed by atoms with van der Waals surface area (Å²) >= 11 is 0. The van der Waals surface area contributed by atoms with Crippen LogP contribution in [0.5, 0.6) is 0 Å². The van der Waals surface area contributed by atoms with Crippen molar-refractivity contribution in [1.29, 1.82) is 0 Å². The number of piperazine rings is 1. The maximum atomic E-state index is 12.4. The summed E-state index contributed by atoms with van der Waals surface area (Å²) in [7, 11) is 1.79. The Bertz CT molecular complexity index is 905. The summed E-state index contributed by atoms with van der Waals surface area (Å²) in [5.74, 6) is -4.68. The first kappa shape index (κ1) is 35.7. The molecule has 0 aromatic heterocycles. The van der Waals surface area contributed by atoms with Gasteiger partial charge in [-0.25, -0.2) is 9.59 Å². The van der Waals surface area contributed by atoms with Gasteiger partial charge in [-0.3, -0.25) is 24.1 Å². The molecule has 1 rings (SSSR count). The van der Waals surface area contributed by atoms with Crippen molar-refractivity contribution in [2.24, 2.45) is 5.73 Å². The van der Waals surface area contributed by atoms with E-state index in [9.17, 15) is 39.0 Å². The number of nitrogens with two attached hydrogens (primary N) is 1. The van der Waals surface area contributed by atoms with E-state index in [4.69, 9.17) is 5.73 Å². The predicted molar refractivity (Wildman–Crippen MR) is 148 cm³/mol. The van der Waals surface area contributed by atoms with Crippen LogP contribution in [0.2, 0.25) is 0 Å². The second-order valence-corrected chi connectivity index (χ2v) is 10.1. The molecule has 1 saturated heterocycles. The second-order valence-electron chi connectivity index (χ2n) is 10.1. The molecule has 3 atom stereocenters. The van der Waals surface area contributed by atoms with E-state index < -0.39 is 47.9 Å². The van der Waals surface area contributed by atoms with Gasteiger partial charge in [0.1, 0.15) is 0 Å². The third kappa shape index (κ3) is 14.7. The van der Waals surface area contributed by atoms with Crippen molar-refractivity contribution in [3.05, 3.63) is 0 Å². The summed E-state index contributed by atoms with van der Waals surface area (Å²) in [5, 5.41) is 27.9. The van der Waals surface area contributed by atoms with Gasteiger partial charge in [0.2, 0.25) is 36.0 Å². The van der Waals surface area contributed by atoms with Crippen LogP contribution in [-0.4, -0.2) is 138 Å². The average molecular weight is 587 g/mol. The van der Waals surface area contributed by atoms with Gasteiger partial charge in [0.15, 0.2) is 0 Å². The van der Waals surface area contributed by atoms with E-state index in [1.165, 1.54) is 0 Å². The molecule has 0 aromatic rings. The van der Waals surface area contributed by atoms with Gasteiger partial charge in [-0.05, 0) is 20.4 Å². The van der Waals surface area contributed by atoms with Crippen molar-refractivity contribution < 1.29 is 39.0 Å². The van der Waals surface area contributed by atoms with Crippen molar-refractivity contribution in [1.82, 2.24) is 36.0 Å². The summed E-state index contributed by atoms with van der Waals surface area (Å²) < 4.78 is 0. The molecule has 1 fully saturated rings. The fraction of sp³-hybridized carbons (Fsp3) is 0.760. The van der Waals surface area contributed by atoms with Gasteiger partial charge in [-0.15, -0.1) is 0 Å². The lowest BCUT2D eigenvalue weighted by atomic mass is 10.1. The Balaban J connectivity index is 2.42. The highest BCUT2D eigenvalue weighted by Gasteiger charge is 2.27.